The van der Waals surface area contributed by atoms with E-state index in [2.05, 4.69) is 27.7 Å². The van der Waals surface area contributed by atoms with Crippen LogP contribution < -0.4 is 5.73 Å². The Morgan fingerprint density at radius 2 is 1.64 bits per heavy atom. The zero-order valence-electron chi connectivity index (χ0n) is 10.6. The molecule has 0 aliphatic rings. The number of hydrogen-bond acceptors (Lipinski definition) is 1. The fraction of sp³-hybridized carbons (Fsp3) is 1.00. The van der Waals surface area contributed by atoms with Crippen molar-refractivity contribution in [2.75, 3.05) is 6.54 Å². The largest absolute Gasteiger partial charge is 0.330 e. The fourth-order valence-electron chi connectivity index (χ4n) is 1.76. The zero-order valence-corrected chi connectivity index (χ0v) is 10.6. The third-order valence-electron chi connectivity index (χ3n) is 3.71. The molecule has 14 heavy (non-hydrogen) atoms. The standard InChI is InChI=1S/C13H29N/c1-5-6-7-8-9-10-13(4,11-14)12(2)3/h12H,5-11,14H2,1-4H3. The van der Waals surface area contributed by atoms with Crippen LogP contribution in [0.1, 0.15) is 66.2 Å². The van der Waals surface area contributed by atoms with Gasteiger partial charge >= 0.3 is 0 Å². The molecule has 2 N–H and O–H groups in total. The molecule has 0 radical (unpaired) electrons. The predicted molar refractivity (Wildman–Crippen MR) is 65.4 cm³/mol. The van der Waals surface area contributed by atoms with E-state index in [9.17, 15) is 0 Å². The van der Waals surface area contributed by atoms with E-state index in [0.29, 0.717) is 11.3 Å². The monoisotopic (exact) mass is 199 g/mol. The molecule has 0 aliphatic heterocycles. The van der Waals surface area contributed by atoms with Gasteiger partial charge in [0.1, 0.15) is 0 Å². The molecule has 0 bridgehead atoms. The summed E-state index contributed by atoms with van der Waals surface area (Å²) in [5.74, 6) is 0.707. The van der Waals surface area contributed by atoms with Gasteiger partial charge in [0.2, 0.25) is 0 Å². The molecule has 1 atom stereocenters. The van der Waals surface area contributed by atoms with Gasteiger partial charge in [-0.3, -0.25) is 0 Å². The normalized spacial score (nSPS) is 15.9. The molecule has 0 saturated heterocycles. The first-order chi connectivity index (χ1) is 6.56. The van der Waals surface area contributed by atoms with Crippen LogP contribution in [-0.2, 0) is 0 Å². The van der Waals surface area contributed by atoms with Crippen LogP contribution in [0, 0.1) is 11.3 Å². The van der Waals surface area contributed by atoms with Gasteiger partial charge in [-0.05, 0) is 24.3 Å². The predicted octanol–water partition coefficient (Wildman–Crippen LogP) is 3.97. The van der Waals surface area contributed by atoms with Gasteiger partial charge in [-0.25, -0.2) is 0 Å². The van der Waals surface area contributed by atoms with Crippen LogP contribution in [0.5, 0.6) is 0 Å². The van der Waals surface area contributed by atoms with Crippen molar-refractivity contribution in [1.29, 1.82) is 0 Å². The fourth-order valence-corrected chi connectivity index (χ4v) is 1.76. The van der Waals surface area contributed by atoms with Crippen molar-refractivity contribution in [2.45, 2.75) is 66.2 Å². The van der Waals surface area contributed by atoms with Gasteiger partial charge in [-0.2, -0.15) is 0 Å². The van der Waals surface area contributed by atoms with Gasteiger partial charge < -0.3 is 5.73 Å². The summed E-state index contributed by atoms with van der Waals surface area (Å²) in [5.41, 5.74) is 6.22. The second-order valence-electron chi connectivity index (χ2n) is 5.18. The molecule has 0 aromatic rings. The molecule has 0 saturated carbocycles. The molecular formula is C13H29N. The van der Waals surface area contributed by atoms with Crippen molar-refractivity contribution < 1.29 is 0 Å². The molecule has 0 heterocycles. The SMILES string of the molecule is CCCCCCCC(C)(CN)C(C)C. The van der Waals surface area contributed by atoms with Gasteiger partial charge in [0.15, 0.2) is 0 Å². The third kappa shape index (κ3) is 4.99. The summed E-state index contributed by atoms with van der Waals surface area (Å²) in [4.78, 5) is 0. The summed E-state index contributed by atoms with van der Waals surface area (Å²) in [6, 6.07) is 0. The van der Waals surface area contributed by atoms with Crippen LogP contribution in [0.3, 0.4) is 0 Å². The van der Waals surface area contributed by atoms with E-state index < -0.39 is 0 Å². The minimum atomic E-state index is 0.367. The number of unbranched alkanes of at least 4 members (excludes halogenated alkanes) is 4. The Morgan fingerprint density at radius 1 is 1.07 bits per heavy atom. The highest BCUT2D eigenvalue weighted by Crippen LogP contribution is 2.31. The Hall–Kier alpha value is -0.0400. The summed E-state index contributed by atoms with van der Waals surface area (Å²) < 4.78 is 0. The second kappa shape index (κ2) is 7.28. The zero-order chi connectivity index (χ0) is 11.0. The maximum Gasteiger partial charge on any atom is -0.00207 e. The molecule has 0 amide bonds. The molecule has 86 valence electrons. The van der Waals surface area contributed by atoms with Crippen molar-refractivity contribution in [3.05, 3.63) is 0 Å². The minimum Gasteiger partial charge on any atom is -0.330 e. The first-order valence-corrected chi connectivity index (χ1v) is 6.27. The summed E-state index contributed by atoms with van der Waals surface area (Å²) in [6.45, 7) is 10.0. The van der Waals surface area contributed by atoms with Crippen LogP contribution in [0.4, 0.5) is 0 Å². The quantitative estimate of drug-likeness (QED) is 0.588. The van der Waals surface area contributed by atoms with E-state index in [1.807, 2.05) is 0 Å². The molecule has 1 heteroatoms. The van der Waals surface area contributed by atoms with Crippen molar-refractivity contribution in [3.8, 4) is 0 Å². The Morgan fingerprint density at radius 3 is 2.07 bits per heavy atom. The molecule has 0 rings (SSSR count). The van der Waals surface area contributed by atoms with Crippen molar-refractivity contribution in [2.24, 2.45) is 17.1 Å². The van der Waals surface area contributed by atoms with Crippen molar-refractivity contribution >= 4 is 0 Å². The van der Waals surface area contributed by atoms with Gasteiger partial charge in [0.25, 0.3) is 0 Å². The number of rotatable bonds is 8. The topological polar surface area (TPSA) is 26.0 Å². The second-order valence-corrected chi connectivity index (χ2v) is 5.18. The van der Waals surface area contributed by atoms with Crippen LogP contribution in [0.2, 0.25) is 0 Å². The molecular weight excluding hydrogens is 170 g/mol. The lowest BCUT2D eigenvalue weighted by atomic mass is 9.75. The summed E-state index contributed by atoms with van der Waals surface area (Å²) in [7, 11) is 0. The Labute approximate surface area is 90.5 Å². The molecule has 1 unspecified atom stereocenters. The lowest BCUT2D eigenvalue weighted by Crippen LogP contribution is -2.32. The van der Waals surface area contributed by atoms with Gasteiger partial charge in [0.05, 0.1) is 0 Å². The van der Waals surface area contributed by atoms with Crippen LogP contribution in [0.15, 0.2) is 0 Å². The summed E-state index contributed by atoms with van der Waals surface area (Å²) in [6.07, 6.45) is 8.15. The smallest absolute Gasteiger partial charge is 0.00207 e. The first kappa shape index (κ1) is 14.0. The highest BCUT2D eigenvalue weighted by molar-refractivity contribution is 4.78. The molecule has 0 aliphatic carbocycles. The number of nitrogens with two attached hydrogens (primary N) is 1. The van der Waals surface area contributed by atoms with Crippen LogP contribution in [-0.4, -0.2) is 6.54 Å². The van der Waals surface area contributed by atoms with E-state index in [0.717, 1.165) is 6.54 Å². The van der Waals surface area contributed by atoms with E-state index in [1.165, 1.54) is 38.5 Å². The minimum absolute atomic E-state index is 0.367. The number of hydrogen-bond donors (Lipinski definition) is 1. The Balaban J connectivity index is 3.63. The summed E-state index contributed by atoms with van der Waals surface area (Å²) >= 11 is 0. The van der Waals surface area contributed by atoms with E-state index >= 15 is 0 Å². The maximum atomic E-state index is 5.85. The molecule has 1 nitrogen and oxygen atoms in total. The highest BCUT2D eigenvalue weighted by Gasteiger charge is 2.25. The highest BCUT2D eigenvalue weighted by atomic mass is 14.6. The van der Waals surface area contributed by atoms with E-state index in [1.54, 1.807) is 0 Å². The molecule has 0 spiro atoms. The third-order valence-corrected chi connectivity index (χ3v) is 3.71. The lowest BCUT2D eigenvalue weighted by molar-refractivity contribution is 0.202. The Bertz CT molecular complexity index is 131. The lowest BCUT2D eigenvalue weighted by Gasteiger charge is -2.32. The first-order valence-electron chi connectivity index (χ1n) is 6.27. The maximum absolute atomic E-state index is 5.85. The van der Waals surface area contributed by atoms with Crippen LogP contribution >= 0.6 is 0 Å². The average Bonchev–Trinajstić information content (AvgIpc) is 2.17. The molecule has 0 aromatic carbocycles. The van der Waals surface area contributed by atoms with E-state index in [-0.39, 0.29) is 0 Å². The summed E-state index contributed by atoms with van der Waals surface area (Å²) in [5, 5.41) is 0. The molecule has 0 aromatic heterocycles. The van der Waals surface area contributed by atoms with Gasteiger partial charge in [-0.15, -0.1) is 0 Å². The van der Waals surface area contributed by atoms with Crippen molar-refractivity contribution in [3.63, 3.8) is 0 Å². The van der Waals surface area contributed by atoms with Crippen molar-refractivity contribution in [1.82, 2.24) is 0 Å². The van der Waals surface area contributed by atoms with Gasteiger partial charge in [0, 0.05) is 0 Å². The molecule has 0 fully saturated rings. The van der Waals surface area contributed by atoms with E-state index in [4.69, 9.17) is 5.73 Å². The average molecular weight is 199 g/mol. The van der Waals surface area contributed by atoms with Gasteiger partial charge in [-0.1, -0.05) is 59.8 Å². The van der Waals surface area contributed by atoms with Crippen LogP contribution in [0.25, 0.3) is 0 Å². The Kier molecular flexibility index (Phi) is 7.26.